The molecule has 164 valence electrons. The molecule has 1 fully saturated rings. The van der Waals surface area contributed by atoms with E-state index in [1.54, 1.807) is 12.1 Å². The highest BCUT2D eigenvalue weighted by Gasteiger charge is 2.40. The minimum Gasteiger partial charge on any atom is -0.336 e. The largest absolute Gasteiger partial charge is 0.336 e. The number of imidazole rings is 1. The Balaban J connectivity index is 1.65. The van der Waals surface area contributed by atoms with Crippen molar-refractivity contribution in [2.45, 2.75) is 55.4 Å². The molecule has 0 bridgehead atoms. The van der Waals surface area contributed by atoms with Gasteiger partial charge in [0.05, 0.1) is 16.2 Å². The Hall–Kier alpha value is -1.20. The number of thioether (sulfide) groups is 1. The van der Waals surface area contributed by atoms with Crippen LogP contribution in [0, 0.1) is 11.7 Å². The lowest BCUT2D eigenvalue weighted by molar-refractivity contribution is 0.250. The van der Waals surface area contributed by atoms with E-state index in [0.29, 0.717) is 32.3 Å². The Morgan fingerprint density at radius 2 is 1.84 bits per heavy atom. The molecule has 1 atom stereocenters. The average molecular weight is 498 g/mol. The van der Waals surface area contributed by atoms with E-state index < -0.39 is 0 Å². The zero-order valence-electron chi connectivity index (χ0n) is 17.2. The summed E-state index contributed by atoms with van der Waals surface area (Å²) in [5, 5.41) is 2.29. The standard InChI is InChI=1S/C24H24Cl3FN2S/c1-24(15-6-3-2-4-7-15,16-10-11-19(26)20(27)12-16)22-13-29-23(30-22)31-14-17-18(25)8-5-9-21(17)28/h5,8-13,15H,2-4,6-7,14H2,1H3,(H,29,30). The van der Waals surface area contributed by atoms with E-state index in [0.717, 1.165) is 29.3 Å². The molecule has 1 heterocycles. The molecule has 1 aromatic heterocycles. The smallest absolute Gasteiger partial charge is 0.165 e. The first-order chi connectivity index (χ1) is 14.9. The van der Waals surface area contributed by atoms with Gasteiger partial charge < -0.3 is 4.98 Å². The zero-order valence-corrected chi connectivity index (χ0v) is 20.3. The number of hydrogen-bond acceptors (Lipinski definition) is 2. The van der Waals surface area contributed by atoms with E-state index in [1.807, 2.05) is 18.3 Å². The van der Waals surface area contributed by atoms with E-state index in [1.165, 1.54) is 37.1 Å². The third-order valence-electron chi connectivity index (χ3n) is 6.47. The first kappa shape index (κ1) is 23.0. The maximum absolute atomic E-state index is 14.1. The van der Waals surface area contributed by atoms with Gasteiger partial charge in [-0.25, -0.2) is 9.37 Å². The second-order valence-corrected chi connectivity index (χ2v) is 10.4. The van der Waals surface area contributed by atoms with Gasteiger partial charge in [-0.3, -0.25) is 0 Å². The zero-order chi connectivity index (χ0) is 22.0. The monoisotopic (exact) mass is 496 g/mol. The van der Waals surface area contributed by atoms with Crippen molar-refractivity contribution < 1.29 is 4.39 Å². The van der Waals surface area contributed by atoms with Crippen LogP contribution >= 0.6 is 46.6 Å². The summed E-state index contributed by atoms with van der Waals surface area (Å²) >= 11 is 20.2. The molecule has 1 aliphatic rings. The molecular formula is C24H24Cl3FN2S. The molecule has 7 heteroatoms. The molecule has 2 nitrogen and oxygen atoms in total. The van der Waals surface area contributed by atoms with Crippen LogP contribution in [0.3, 0.4) is 0 Å². The number of aromatic nitrogens is 2. The Morgan fingerprint density at radius 1 is 1.06 bits per heavy atom. The summed E-state index contributed by atoms with van der Waals surface area (Å²) in [7, 11) is 0. The molecule has 1 unspecified atom stereocenters. The summed E-state index contributed by atoms with van der Waals surface area (Å²) in [5.41, 5.74) is 2.40. The minimum absolute atomic E-state index is 0.268. The molecule has 2 aromatic carbocycles. The summed E-state index contributed by atoms with van der Waals surface area (Å²) < 4.78 is 14.1. The van der Waals surface area contributed by atoms with Gasteiger partial charge in [0.1, 0.15) is 5.82 Å². The predicted octanol–water partition coefficient (Wildman–Crippen LogP) is 8.69. The van der Waals surface area contributed by atoms with Crippen LogP contribution in [0.1, 0.15) is 55.8 Å². The topological polar surface area (TPSA) is 28.7 Å². The lowest BCUT2D eigenvalue weighted by atomic mass is 9.64. The average Bonchev–Trinajstić information content (AvgIpc) is 3.25. The van der Waals surface area contributed by atoms with Crippen molar-refractivity contribution in [1.29, 1.82) is 0 Å². The van der Waals surface area contributed by atoms with Crippen molar-refractivity contribution in [3.63, 3.8) is 0 Å². The number of halogens is 4. The molecule has 31 heavy (non-hydrogen) atoms. The fourth-order valence-corrected chi connectivity index (χ4v) is 6.05. The molecule has 4 rings (SSSR count). The summed E-state index contributed by atoms with van der Waals surface area (Å²) in [5.74, 6) is 0.582. The fraction of sp³-hybridized carbons (Fsp3) is 0.375. The Morgan fingerprint density at radius 3 is 2.55 bits per heavy atom. The van der Waals surface area contributed by atoms with Crippen LogP contribution < -0.4 is 0 Å². The third-order valence-corrected chi connectivity index (χ3v) is 8.47. The van der Waals surface area contributed by atoms with Gasteiger partial charge in [-0.1, -0.05) is 78.0 Å². The molecule has 1 aliphatic carbocycles. The molecular weight excluding hydrogens is 474 g/mol. The number of rotatable bonds is 6. The first-order valence-corrected chi connectivity index (χ1v) is 12.6. The summed E-state index contributed by atoms with van der Waals surface area (Å²) in [6, 6.07) is 10.7. The molecule has 3 aromatic rings. The highest BCUT2D eigenvalue weighted by Crippen LogP contribution is 2.46. The van der Waals surface area contributed by atoms with Gasteiger partial charge in [0.25, 0.3) is 0 Å². The van der Waals surface area contributed by atoms with Gasteiger partial charge in [-0.05, 0) is 55.5 Å². The summed E-state index contributed by atoms with van der Waals surface area (Å²) in [6.07, 6.45) is 7.95. The molecule has 0 spiro atoms. The molecule has 1 N–H and O–H groups in total. The summed E-state index contributed by atoms with van der Waals surface area (Å²) in [6.45, 7) is 2.26. The fourth-order valence-electron chi connectivity index (χ4n) is 4.56. The van der Waals surface area contributed by atoms with Crippen LogP contribution in [0.15, 0.2) is 47.8 Å². The molecule has 0 amide bonds. The van der Waals surface area contributed by atoms with Crippen molar-refractivity contribution in [3.8, 4) is 0 Å². The van der Waals surface area contributed by atoms with Crippen LogP contribution in [-0.2, 0) is 11.2 Å². The molecule has 0 saturated heterocycles. The third kappa shape index (κ3) is 4.78. The van der Waals surface area contributed by atoms with Gasteiger partial charge in [0, 0.05) is 27.4 Å². The van der Waals surface area contributed by atoms with Crippen LogP contribution in [-0.4, -0.2) is 9.97 Å². The van der Waals surface area contributed by atoms with E-state index in [-0.39, 0.29) is 11.2 Å². The minimum atomic E-state index is -0.297. The Bertz CT molecular complexity index is 1040. The Labute approximate surface area is 201 Å². The quantitative estimate of drug-likeness (QED) is 0.345. The van der Waals surface area contributed by atoms with Crippen molar-refractivity contribution in [1.82, 2.24) is 9.97 Å². The molecule has 0 aliphatic heterocycles. The van der Waals surface area contributed by atoms with Crippen molar-refractivity contribution in [2.24, 2.45) is 5.92 Å². The lowest BCUT2D eigenvalue weighted by Gasteiger charge is -2.40. The van der Waals surface area contributed by atoms with Crippen molar-refractivity contribution in [3.05, 3.63) is 80.3 Å². The number of benzene rings is 2. The van der Waals surface area contributed by atoms with E-state index >= 15 is 0 Å². The number of hydrogen-bond donors (Lipinski definition) is 1. The summed E-state index contributed by atoms with van der Waals surface area (Å²) in [4.78, 5) is 8.10. The number of nitrogens with zero attached hydrogens (tertiary/aromatic N) is 1. The SMILES string of the molecule is CC(c1ccc(Cl)c(Cl)c1)(c1cnc(SCc2c(F)cccc2Cl)[nH]1)C1CCCCC1. The van der Waals surface area contributed by atoms with Crippen LogP contribution in [0.5, 0.6) is 0 Å². The normalized spacial score (nSPS) is 16.9. The molecule has 0 radical (unpaired) electrons. The van der Waals surface area contributed by atoms with Gasteiger partial charge >= 0.3 is 0 Å². The second-order valence-electron chi connectivity index (χ2n) is 8.26. The van der Waals surface area contributed by atoms with E-state index in [2.05, 4.69) is 23.0 Å². The van der Waals surface area contributed by atoms with E-state index in [4.69, 9.17) is 34.8 Å². The maximum Gasteiger partial charge on any atom is 0.165 e. The van der Waals surface area contributed by atoms with Gasteiger partial charge in [0.2, 0.25) is 0 Å². The predicted molar refractivity (Wildman–Crippen MR) is 129 cm³/mol. The molecule has 1 saturated carbocycles. The number of aromatic amines is 1. The van der Waals surface area contributed by atoms with Crippen molar-refractivity contribution in [2.75, 3.05) is 0 Å². The highest BCUT2D eigenvalue weighted by molar-refractivity contribution is 7.98. The van der Waals surface area contributed by atoms with Crippen molar-refractivity contribution >= 4 is 46.6 Å². The Kier molecular flexibility index (Phi) is 7.22. The van der Waals surface area contributed by atoms with Gasteiger partial charge in [0.15, 0.2) is 5.16 Å². The maximum atomic E-state index is 14.1. The highest BCUT2D eigenvalue weighted by atomic mass is 35.5. The van der Waals surface area contributed by atoms with Gasteiger partial charge in [-0.15, -0.1) is 0 Å². The number of H-pyrrole nitrogens is 1. The number of nitrogens with one attached hydrogen (secondary N) is 1. The van der Waals surface area contributed by atoms with Crippen LogP contribution in [0.25, 0.3) is 0 Å². The van der Waals surface area contributed by atoms with Crippen LogP contribution in [0.2, 0.25) is 15.1 Å². The first-order valence-electron chi connectivity index (χ1n) is 10.5. The lowest BCUT2D eigenvalue weighted by Crippen LogP contribution is -2.35. The van der Waals surface area contributed by atoms with Gasteiger partial charge in [-0.2, -0.15) is 0 Å². The van der Waals surface area contributed by atoms with E-state index in [9.17, 15) is 4.39 Å². The second kappa shape index (κ2) is 9.74. The van der Waals surface area contributed by atoms with Crippen LogP contribution in [0.4, 0.5) is 4.39 Å².